The van der Waals surface area contributed by atoms with Crippen molar-refractivity contribution in [3.63, 3.8) is 0 Å². The second-order valence-electron chi connectivity index (χ2n) is 7.61. The minimum absolute atomic E-state index is 0.0403. The Balaban J connectivity index is 1.29. The fraction of sp³-hybridized carbons (Fsp3) is 0.250. The molecular formula is C24H23BrClN3O6. The highest BCUT2D eigenvalue weighted by molar-refractivity contribution is 9.10. The molecule has 4 rings (SSSR count). The Labute approximate surface area is 215 Å². The van der Waals surface area contributed by atoms with Gasteiger partial charge in [-0.3, -0.25) is 10.1 Å². The summed E-state index contributed by atoms with van der Waals surface area (Å²) in [5, 5.41) is 17.6. The third-order valence-corrected chi connectivity index (χ3v) is 6.12. The molecule has 0 atom stereocenters. The van der Waals surface area contributed by atoms with Crippen LogP contribution in [-0.4, -0.2) is 31.9 Å². The van der Waals surface area contributed by atoms with Crippen molar-refractivity contribution in [1.82, 2.24) is 5.32 Å². The molecule has 11 heteroatoms. The van der Waals surface area contributed by atoms with E-state index in [1.165, 1.54) is 12.1 Å². The molecule has 0 amide bonds. The predicted octanol–water partition coefficient (Wildman–Crippen LogP) is 5.53. The summed E-state index contributed by atoms with van der Waals surface area (Å²) < 4.78 is 23.1. The number of nitrogens with zero attached hydrogens (tertiary/aromatic N) is 1. The molecule has 0 saturated carbocycles. The molecule has 3 aromatic rings. The van der Waals surface area contributed by atoms with E-state index in [2.05, 4.69) is 26.6 Å². The largest absolute Gasteiger partial charge is 0.493 e. The molecule has 35 heavy (non-hydrogen) atoms. The number of benzene rings is 3. The van der Waals surface area contributed by atoms with Gasteiger partial charge in [0, 0.05) is 31.8 Å². The topological polar surface area (TPSA) is 104 Å². The molecule has 1 heterocycles. The van der Waals surface area contributed by atoms with Gasteiger partial charge in [0.1, 0.15) is 6.61 Å². The highest BCUT2D eigenvalue weighted by Gasteiger charge is 2.16. The van der Waals surface area contributed by atoms with Gasteiger partial charge in [0.2, 0.25) is 6.79 Å². The Morgan fingerprint density at radius 1 is 1.09 bits per heavy atom. The van der Waals surface area contributed by atoms with Gasteiger partial charge in [-0.2, -0.15) is 0 Å². The smallest absolute Gasteiger partial charge is 0.271 e. The van der Waals surface area contributed by atoms with E-state index in [1.807, 2.05) is 30.3 Å². The first-order valence-corrected chi connectivity index (χ1v) is 11.9. The van der Waals surface area contributed by atoms with Gasteiger partial charge < -0.3 is 29.6 Å². The van der Waals surface area contributed by atoms with Crippen LogP contribution in [0, 0.1) is 10.1 Å². The SMILES string of the molecule is COc1cc(CNCCNc2ccc([N+](=O)[O-])cc2Cl)cc(Br)c1OCc1ccc2c(c1)OCO2. The average molecular weight is 565 g/mol. The number of nitro groups is 1. The quantitative estimate of drug-likeness (QED) is 0.178. The number of nitrogens with one attached hydrogen (secondary N) is 2. The number of anilines is 1. The van der Waals surface area contributed by atoms with E-state index in [0.717, 1.165) is 21.3 Å². The van der Waals surface area contributed by atoms with Gasteiger partial charge in [-0.1, -0.05) is 17.7 Å². The number of halogens is 2. The summed E-state index contributed by atoms with van der Waals surface area (Å²) >= 11 is 9.69. The van der Waals surface area contributed by atoms with Crippen molar-refractivity contribution in [3.05, 3.63) is 79.3 Å². The Kier molecular flexibility index (Phi) is 8.17. The summed E-state index contributed by atoms with van der Waals surface area (Å²) in [7, 11) is 1.60. The summed E-state index contributed by atoms with van der Waals surface area (Å²) in [5.74, 6) is 2.68. The Bertz CT molecular complexity index is 1230. The van der Waals surface area contributed by atoms with Gasteiger partial charge in [-0.15, -0.1) is 0 Å². The number of methoxy groups -OCH3 is 1. The van der Waals surface area contributed by atoms with Gasteiger partial charge >= 0.3 is 0 Å². The van der Waals surface area contributed by atoms with E-state index in [9.17, 15) is 10.1 Å². The molecule has 0 spiro atoms. The highest BCUT2D eigenvalue weighted by atomic mass is 79.9. The number of hydrogen-bond acceptors (Lipinski definition) is 8. The molecule has 3 aromatic carbocycles. The summed E-state index contributed by atoms with van der Waals surface area (Å²) in [6.45, 7) is 2.42. The van der Waals surface area contributed by atoms with Crippen LogP contribution in [0.2, 0.25) is 5.02 Å². The molecule has 0 fully saturated rings. The first kappa shape index (κ1) is 24.9. The van der Waals surface area contributed by atoms with E-state index >= 15 is 0 Å². The van der Waals surface area contributed by atoms with Crippen LogP contribution in [-0.2, 0) is 13.2 Å². The lowest BCUT2D eigenvalue weighted by Gasteiger charge is -2.15. The van der Waals surface area contributed by atoms with Gasteiger partial charge in [0.25, 0.3) is 5.69 Å². The minimum Gasteiger partial charge on any atom is -0.493 e. The first-order chi connectivity index (χ1) is 16.9. The molecule has 1 aliphatic heterocycles. The average Bonchev–Trinajstić information content (AvgIpc) is 3.31. The number of ether oxygens (including phenoxy) is 4. The van der Waals surface area contributed by atoms with Crippen molar-refractivity contribution in [2.24, 2.45) is 0 Å². The van der Waals surface area contributed by atoms with Crippen LogP contribution in [0.15, 0.2) is 53.0 Å². The molecule has 2 N–H and O–H groups in total. The molecular weight excluding hydrogens is 542 g/mol. The highest BCUT2D eigenvalue weighted by Crippen LogP contribution is 2.38. The summed E-state index contributed by atoms with van der Waals surface area (Å²) in [5.41, 5.74) is 2.57. The van der Waals surface area contributed by atoms with Crippen molar-refractivity contribution in [3.8, 4) is 23.0 Å². The van der Waals surface area contributed by atoms with Crippen LogP contribution < -0.4 is 29.6 Å². The van der Waals surface area contributed by atoms with Gasteiger partial charge in [-0.05, 0) is 57.4 Å². The zero-order valence-corrected chi connectivity index (χ0v) is 21.1. The van der Waals surface area contributed by atoms with Crippen LogP contribution >= 0.6 is 27.5 Å². The molecule has 0 bridgehead atoms. The van der Waals surface area contributed by atoms with Crippen LogP contribution in [0.25, 0.3) is 0 Å². The van der Waals surface area contributed by atoms with E-state index in [0.29, 0.717) is 54.2 Å². The molecule has 0 unspecified atom stereocenters. The number of rotatable bonds is 11. The lowest BCUT2D eigenvalue weighted by atomic mass is 10.2. The third kappa shape index (κ3) is 6.27. The van der Waals surface area contributed by atoms with Crippen molar-refractivity contribution in [1.29, 1.82) is 0 Å². The lowest BCUT2D eigenvalue weighted by Crippen LogP contribution is -2.22. The summed E-state index contributed by atoms with van der Waals surface area (Å²) in [6, 6.07) is 14.0. The molecule has 9 nitrogen and oxygen atoms in total. The van der Waals surface area contributed by atoms with E-state index in [4.69, 9.17) is 30.5 Å². The summed E-state index contributed by atoms with van der Waals surface area (Å²) in [4.78, 5) is 10.3. The van der Waals surface area contributed by atoms with Crippen LogP contribution in [0.1, 0.15) is 11.1 Å². The minimum atomic E-state index is -0.475. The zero-order chi connectivity index (χ0) is 24.8. The molecule has 0 aliphatic carbocycles. The van der Waals surface area contributed by atoms with Crippen molar-refractivity contribution < 1.29 is 23.9 Å². The normalized spacial score (nSPS) is 11.9. The van der Waals surface area contributed by atoms with E-state index in [-0.39, 0.29) is 12.5 Å². The lowest BCUT2D eigenvalue weighted by molar-refractivity contribution is -0.384. The van der Waals surface area contributed by atoms with Gasteiger partial charge in [-0.25, -0.2) is 0 Å². The Morgan fingerprint density at radius 3 is 2.69 bits per heavy atom. The first-order valence-electron chi connectivity index (χ1n) is 10.7. The molecule has 184 valence electrons. The second kappa shape index (κ2) is 11.5. The van der Waals surface area contributed by atoms with Crippen LogP contribution in [0.3, 0.4) is 0 Å². The third-order valence-electron chi connectivity index (χ3n) is 5.22. The summed E-state index contributed by atoms with van der Waals surface area (Å²) in [6.07, 6.45) is 0. The van der Waals surface area contributed by atoms with Gasteiger partial charge in [0.05, 0.1) is 27.2 Å². The number of nitro benzene ring substituents is 1. The maximum absolute atomic E-state index is 10.8. The maximum atomic E-state index is 10.8. The Morgan fingerprint density at radius 2 is 1.91 bits per heavy atom. The van der Waals surface area contributed by atoms with Crippen molar-refractivity contribution >= 4 is 38.9 Å². The molecule has 0 radical (unpaired) electrons. The van der Waals surface area contributed by atoms with E-state index in [1.54, 1.807) is 13.2 Å². The van der Waals surface area contributed by atoms with Crippen LogP contribution in [0.5, 0.6) is 23.0 Å². The fourth-order valence-electron chi connectivity index (χ4n) is 3.48. The predicted molar refractivity (Wildman–Crippen MR) is 136 cm³/mol. The fourth-order valence-corrected chi connectivity index (χ4v) is 4.33. The Hall–Kier alpha value is -3.21. The number of fused-ring (bicyclic) bond motifs is 1. The number of non-ortho nitro benzene ring substituents is 1. The standard InChI is InChI=1S/C24H23BrClN3O6/c1-32-23-10-16(12-27-6-7-28-20-4-3-17(29(30)31)11-19(20)26)8-18(25)24(23)33-13-15-2-5-21-22(9-15)35-14-34-21/h2-5,8-11,27-28H,6-7,12-14H2,1H3. The number of hydrogen-bond donors (Lipinski definition) is 2. The zero-order valence-electron chi connectivity index (χ0n) is 18.8. The maximum Gasteiger partial charge on any atom is 0.271 e. The monoisotopic (exact) mass is 563 g/mol. The van der Waals surface area contributed by atoms with E-state index < -0.39 is 4.92 Å². The van der Waals surface area contributed by atoms with Crippen molar-refractivity contribution in [2.75, 3.05) is 32.3 Å². The van der Waals surface area contributed by atoms with Crippen LogP contribution in [0.4, 0.5) is 11.4 Å². The van der Waals surface area contributed by atoms with Crippen molar-refractivity contribution in [2.45, 2.75) is 13.2 Å². The molecule has 0 saturated heterocycles. The molecule has 1 aliphatic rings. The molecule has 0 aromatic heterocycles. The van der Waals surface area contributed by atoms with Gasteiger partial charge in [0.15, 0.2) is 23.0 Å². The second-order valence-corrected chi connectivity index (χ2v) is 8.87.